The molecule has 1 saturated heterocycles. The Morgan fingerprint density at radius 1 is 1.19 bits per heavy atom. The molecule has 5 heteroatoms. The topological polar surface area (TPSA) is 56.7 Å². The largest absolute Gasteiger partial charge is 0.352 e. The van der Waals surface area contributed by atoms with Gasteiger partial charge in [-0.1, -0.05) is 38.8 Å². The van der Waals surface area contributed by atoms with E-state index in [1.807, 2.05) is 33.0 Å². The fourth-order valence-corrected chi connectivity index (χ4v) is 4.15. The lowest BCUT2D eigenvalue weighted by Crippen LogP contribution is -2.40. The SMILES string of the molecule is CN=C(NCc1ccc(NC(=O)C(C)C)cc1)N1CCC2(CCCC2)C1. The lowest BCUT2D eigenvalue weighted by atomic mass is 9.86. The molecule has 1 aromatic carbocycles. The first-order valence-corrected chi connectivity index (χ1v) is 9.87. The van der Waals surface area contributed by atoms with Gasteiger partial charge in [-0.3, -0.25) is 9.79 Å². The molecule has 26 heavy (non-hydrogen) atoms. The zero-order valence-electron chi connectivity index (χ0n) is 16.3. The molecule has 0 bridgehead atoms. The van der Waals surface area contributed by atoms with Gasteiger partial charge in [-0.15, -0.1) is 0 Å². The predicted molar refractivity (Wildman–Crippen MR) is 107 cm³/mol. The zero-order valence-corrected chi connectivity index (χ0v) is 16.3. The molecular weight excluding hydrogens is 324 g/mol. The number of nitrogens with one attached hydrogen (secondary N) is 2. The molecule has 2 N–H and O–H groups in total. The molecule has 142 valence electrons. The summed E-state index contributed by atoms with van der Waals surface area (Å²) in [6, 6.07) is 8.03. The van der Waals surface area contributed by atoms with Gasteiger partial charge in [0.15, 0.2) is 5.96 Å². The molecule has 1 amide bonds. The first-order chi connectivity index (χ1) is 12.5. The highest BCUT2D eigenvalue weighted by Gasteiger charge is 2.41. The number of nitrogens with zero attached hydrogens (tertiary/aromatic N) is 2. The summed E-state index contributed by atoms with van der Waals surface area (Å²) >= 11 is 0. The van der Waals surface area contributed by atoms with Gasteiger partial charge in [0.2, 0.25) is 5.91 Å². The van der Waals surface area contributed by atoms with E-state index < -0.39 is 0 Å². The van der Waals surface area contributed by atoms with Gasteiger partial charge in [0, 0.05) is 38.3 Å². The molecule has 1 heterocycles. The summed E-state index contributed by atoms with van der Waals surface area (Å²) in [6.07, 6.45) is 6.84. The van der Waals surface area contributed by atoms with Crippen molar-refractivity contribution in [2.24, 2.45) is 16.3 Å². The number of hydrogen-bond acceptors (Lipinski definition) is 2. The average Bonchev–Trinajstić information content (AvgIpc) is 3.27. The lowest BCUT2D eigenvalue weighted by molar-refractivity contribution is -0.118. The van der Waals surface area contributed by atoms with Crippen molar-refractivity contribution < 1.29 is 4.79 Å². The third-order valence-corrected chi connectivity index (χ3v) is 5.81. The van der Waals surface area contributed by atoms with E-state index in [-0.39, 0.29) is 11.8 Å². The zero-order chi connectivity index (χ0) is 18.6. The highest BCUT2D eigenvalue weighted by atomic mass is 16.1. The van der Waals surface area contributed by atoms with Crippen molar-refractivity contribution in [3.05, 3.63) is 29.8 Å². The van der Waals surface area contributed by atoms with Gasteiger partial charge in [0.25, 0.3) is 0 Å². The minimum Gasteiger partial charge on any atom is -0.352 e. The van der Waals surface area contributed by atoms with Crippen molar-refractivity contribution in [1.82, 2.24) is 10.2 Å². The highest BCUT2D eigenvalue weighted by molar-refractivity contribution is 5.92. The molecule has 2 fully saturated rings. The Kier molecular flexibility index (Phi) is 5.84. The smallest absolute Gasteiger partial charge is 0.226 e. The maximum absolute atomic E-state index is 11.8. The number of likely N-dealkylation sites (tertiary alicyclic amines) is 1. The summed E-state index contributed by atoms with van der Waals surface area (Å²) < 4.78 is 0. The number of benzene rings is 1. The Bertz CT molecular complexity index is 644. The quantitative estimate of drug-likeness (QED) is 0.640. The predicted octanol–water partition coefficient (Wildman–Crippen LogP) is 3.62. The number of rotatable bonds is 4. The van der Waals surface area contributed by atoms with Crippen LogP contribution < -0.4 is 10.6 Å². The molecule has 3 rings (SSSR count). The first-order valence-electron chi connectivity index (χ1n) is 9.87. The number of carbonyl (C=O) groups is 1. The van der Waals surface area contributed by atoms with Crippen molar-refractivity contribution in [3.8, 4) is 0 Å². The number of aliphatic imine (C=N–C) groups is 1. The van der Waals surface area contributed by atoms with E-state index in [1.54, 1.807) is 0 Å². The second-order valence-electron chi connectivity index (χ2n) is 8.12. The summed E-state index contributed by atoms with van der Waals surface area (Å²) in [6.45, 7) is 6.79. The van der Waals surface area contributed by atoms with Crippen LogP contribution in [0.2, 0.25) is 0 Å². The van der Waals surface area contributed by atoms with Crippen molar-refractivity contribution in [3.63, 3.8) is 0 Å². The van der Waals surface area contributed by atoms with Crippen molar-refractivity contribution in [2.45, 2.75) is 52.5 Å². The van der Waals surface area contributed by atoms with Crippen LogP contribution in [-0.4, -0.2) is 36.9 Å². The van der Waals surface area contributed by atoms with Crippen LogP contribution in [0.4, 0.5) is 5.69 Å². The van der Waals surface area contributed by atoms with Crippen LogP contribution in [0.3, 0.4) is 0 Å². The van der Waals surface area contributed by atoms with Gasteiger partial charge in [0.05, 0.1) is 0 Å². The first kappa shape index (κ1) is 18.7. The van der Waals surface area contributed by atoms with Crippen LogP contribution in [-0.2, 0) is 11.3 Å². The van der Waals surface area contributed by atoms with Crippen molar-refractivity contribution in [2.75, 3.05) is 25.5 Å². The Labute approximate surface area is 157 Å². The monoisotopic (exact) mass is 356 g/mol. The summed E-state index contributed by atoms with van der Waals surface area (Å²) in [4.78, 5) is 18.7. The number of guanidine groups is 1. The van der Waals surface area contributed by atoms with Crippen LogP contribution in [0.25, 0.3) is 0 Å². The molecule has 0 atom stereocenters. The maximum atomic E-state index is 11.8. The van der Waals surface area contributed by atoms with Crippen LogP contribution in [0.5, 0.6) is 0 Å². The van der Waals surface area contributed by atoms with E-state index in [9.17, 15) is 4.79 Å². The van der Waals surface area contributed by atoms with E-state index >= 15 is 0 Å². The summed E-state index contributed by atoms with van der Waals surface area (Å²) in [5.41, 5.74) is 2.58. The van der Waals surface area contributed by atoms with Crippen LogP contribution in [0.1, 0.15) is 51.5 Å². The molecule has 1 aromatic rings. The molecule has 0 unspecified atom stereocenters. The van der Waals surface area contributed by atoms with Crippen LogP contribution in [0.15, 0.2) is 29.3 Å². The molecule has 2 aliphatic rings. The normalized spacial score (nSPS) is 19.4. The van der Waals surface area contributed by atoms with Crippen molar-refractivity contribution in [1.29, 1.82) is 0 Å². The van der Waals surface area contributed by atoms with Gasteiger partial charge in [0.1, 0.15) is 0 Å². The summed E-state index contributed by atoms with van der Waals surface area (Å²) in [5, 5.41) is 6.43. The molecule has 0 aromatic heterocycles. The summed E-state index contributed by atoms with van der Waals surface area (Å²) in [7, 11) is 1.87. The van der Waals surface area contributed by atoms with E-state index in [1.165, 1.54) is 37.7 Å². The van der Waals surface area contributed by atoms with Crippen LogP contribution >= 0.6 is 0 Å². The Morgan fingerprint density at radius 3 is 2.50 bits per heavy atom. The molecular formula is C21H32N4O. The highest BCUT2D eigenvalue weighted by Crippen LogP contribution is 2.45. The Balaban J connectivity index is 1.52. The van der Waals surface area contributed by atoms with Gasteiger partial charge in [-0.05, 0) is 42.4 Å². The standard InChI is InChI=1S/C21H32N4O/c1-16(2)19(26)24-18-8-6-17(7-9-18)14-23-20(22-3)25-13-12-21(15-25)10-4-5-11-21/h6-9,16H,4-5,10-15H2,1-3H3,(H,22,23)(H,24,26). The third-order valence-electron chi connectivity index (χ3n) is 5.81. The van der Waals surface area contributed by atoms with E-state index in [2.05, 4.69) is 32.7 Å². The van der Waals surface area contributed by atoms with Crippen LogP contribution in [0, 0.1) is 11.3 Å². The molecule has 1 saturated carbocycles. The number of hydrogen-bond donors (Lipinski definition) is 2. The van der Waals surface area contributed by atoms with Gasteiger partial charge in [-0.25, -0.2) is 0 Å². The van der Waals surface area contributed by atoms with Gasteiger partial charge in [-0.2, -0.15) is 0 Å². The van der Waals surface area contributed by atoms with E-state index in [0.717, 1.165) is 31.3 Å². The minimum absolute atomic E-state index is 0.0108. The Hall–Kier alpha value is -2.04. The second kappa shape index (κ2) is 8.11. The van der Waals surface area contributed by atoms with E-state index in [4.69, 9.17) is 0 Å². The molecule has 5 nitrogen and oxygen atoms in total. The maximum Gasteiger partial charge on any atom is 0.226 e. The minimum atomic E-state index is -0.0108. The van der Waals surface area contributed by atoms with Gasteiger partial charge < -0.3 is 15.5 Å². The second-order valence-corrected chi connectivity index (χ2v) is 8.12. The molecule has 1 spiro atoms. The lowest BCUT2D eigenvalue weighted by Gasteiger charge is -2.26. The molecule has 1 aliphatic heterocycles. The average molecular weight is 357 g/mol. The number of carbonyl (C=O) groups excluding carboxylic acids is 1. The van der Waals surface area contributed by atoms with Crippen molar-refractivity contribution >= 4 is 17.6 Å². The molecule has 1 aliphatic carbocycles. The van der Waals surface area contributed by atoms with E-state index in [0.29, 0.717) is 5.41 Å². The Morgan fingerprint density at radius 2 is 1.88 bits per heavy atom. The fourth-order valence-electron chi connectivity index (χ4n) is 4.15. The summed E-state index contributed by atoms with van der Waals surface area (Å²) in [5.74, 6) is 1.04. The third kappa shape index (κ3) is 4.37. The number of anilines is 1. The van der Waals surface area contributed by atoms with Gasteiger partial charge >= 0.3 is 0 Å². The fraction of sp³-hybridized carbons (Fsp3) is 0.619. The number of amides is 1. The molecule has 0 radical (unpaired) electrons.